The molecule has 1 aliphatic rings. The van der Waals surface area contributed by atoms with Crippen molar-refractivity contribution in [1.82, 2.24) is 14.1 Å². The lowest BCUT2D eigenvalue weighted by Crippen LogP contribution is -2.74. The number of imidazole rings is 1. The summed E-state index contributed by atoms with van der Waals surface area (Å²) in [6.07, 6.45) is 0. The van der Waals surface area contributed by atoms with Gasteiger partial charge in [0.1, 0.15) is 6.61 Å². The van der Waals surface area contributed by atoms with Crippen LogP contribution in [0.4, 0.5) is 0 Å². The van der Waals surface area contributed by atoms with E-state index >= 15 is 0 Å². The molecule has 0 bridgehead atoms. The molecule has 0 fully saturated rings. The van der Waals surface area contributed by atoms with E-state index in [9.17, 15) is 0 Å². The summed E-state index contributed by atoms with van der Waals surface area (Å²) < 4.78 is 10.7. The summed E-state index contributed by atoms with van der Waals surface area (Å²) in [6, 6.07) is 74.1. The van der Waals surface area contributed by atoms with Crippen molar-refractivity contribution in [3.63, 3.8) is 0 Å². The fourth-order valence-electron chi connectivity index (χ4n) is 8.95. The van der Waals surface area contributed by atoms with Gasteiger partial charge in [0, 0.05) is 22.0 Å². The molecule has 55 heavy (non-hydrogen) atoms. The number of hydrogen-bond donors (Lipinski definition) is 0. The Morgan fingerprint density at radius 2 is 1.02 bits per heavy atom. The van der Waals surface area contributed by atoms with Crippen molar-refractivity contribution < 1.29 is 4.74 Å². The van der Waals surface area contributed by atoms with E-state index in [1.807, 2.05) is 0 Å². The molecule has 0 radical (unpaired) electrons. The van der Waals surface area contributed by atoms with E-state index in [4.69, 9.17) is 9.72 Å². The first-order valence-electron chi connectivity index (χ1n) is 18.8. The van der Waals surface area contributed by atoms with Crippen LogP contribution in [0.25, 0.3) is 55.3 Å². The van der Waals surface area contributed by atoms with Crippen molar-refractivity contribution in [2.45, 2.75) is 6.61 Å². The van der Waals surface area contributed by atoms with Gasteiger partial charge in [0.2, 0.25) is 0 Å². The van der Waals surface area contributed by atoms with Crippen LogP contribution in [0.15, 0.2) is 200 Å². The molecule has 0 saturated carbocycles. The predicted molar refractivity (Wildman–Crippen MR) is 229 cm³/mol. The minimum absolute atomic E-state index is 0.526. The Bertz CT molecular complexity index is 2960. The van der Waals surface area contributed by atoms with E-state index in [0.29, 0.717) is 12.6 Å². The van der Waals surface area contributed by atoms with Crippen molar-refractivity contribution in [2.75, 3.05) is 0 Å². The number of ether oxygens (including phenoxy) is 1. The highest BCUT2D eigenvalue weighted by atomic mass is 28.3. The third-order valence-corrected chi connectivity index (χ3v) is 16.1. The predicted octanol–water partition coefficient (Wildman–Crippen LogP) is 9.06. The first-order chi connectivity index (χ1) is 27.3. The molecule has 260 valence electrons. The van der Waals surface area contributed by atoms with Crippen LogP contribution in [0, 0.1) is 0 Å². The first kappa shape index (κ1) is 31.6. The van der Waals surface area contributed by atoms with Crippen molar-refractivity contribution in [3.8, 4) is 28.5 Å². The molecular formula is C50H35N3OSi. The van der Waals surface area contributed by atoms with E-state index in [-0.39, 0.29) is 0 Å². The molecule has 11 rings (SSSR count). The Morgan fingerprint density at radius 3 is 1.75 bits per heavy atom. The van der Waals surface area contributed by atoms with Crippen LogP contribution >= 0.6 is 0 Å². The standard InChI is InChI=1S/C50H35N3OSi/c1-3-18-39(19-4-1)55(40-20-5-2-6-21-40,42-23-14-17-38(33-42)52-47-27-11-8-24-43(47)44-25-9-12-28-48(44)52)41-22-13-16-35(31-41)36-29-30-49-45(32-36)51-50-53(49)46-26-10-7-15-37(46)34-54-50/h1-33H,34H2. The third-order valence-electron chi connectivity index (χ3n) is 11.4. The molecule has 10 aromatic rings. The summed E-state index contributed by atoms with van der Waals surface area (Å²) in [7, 11) is -2.90. The SMILES string of the molecule is c1ccc([Si](c2ccccc2)(c2cccc(-c3ccc4c(c3)nc3n4-c4ccccc4CO3)c2)c2cccc(-n3c4ccccc4c4ccccc43)c2)cc1. The van der Waals surface area contributed by atoms with Gasteiger partial charge < -0.3 is 9.30 Å². The lowest BCUT2D eigenvalue weighted by atomic mass is 10.1. The normalized spacial score (nSPS) is 12.4. The number of para-hydroxylation sites is 3. The van der Waals surface area contributed by atoms with Crippen LogP contribution in [0.1, 0.15) is 5.56 Å². The molecule has 4 nitrogen and oxygen atoms in total. The molecule has 0 spiro atoms. The topological polar surface area (TPSA) is 32.0 Å². The first-order valence-corrected chi connectivity index (χ1v) is 20.8. The van der Waals surface area contributed by atoms with Crippen LogP contribution in [0.5, 0.6) is 6.01 Å². The van der Waals surface area contributed by atoms with Crippen molar-refractivity contribution in [2.24, 2.45) is 0 Å². The van der Waals surface area contributed by atoms with Gasteiger partial charge >= 0.3 is 6.01 Å². The van der Waals surface area contributed by atoms with Gasteiger partial charge in [-0.25, -0.2) is 0 Å². The van der Waals surface area contributed by atoms with Crippen LogP contribution in [-0.2, 0) is 6.61 Å². The average Bonchev–Trinajstić information content (AvgIpc) is 3.81. The fourth-order valence-corrected chi connectivity index (χ4v) is 13.8. The number of fused-ring (bicyclic) bond motifs is 8. The molecule has 3 heterocycles. The average molecular weight is 722 g/mol. The Kier molecular flexibility index (Phi) is 7.22. The van der Waals surface area contributed by atoms with E-state index in [0.717, 1.165) is 39.1 Å². The highest BCUT2D eigenvalue weighted by Crippen LogP contribution is 2.35. The Morgan fingerprint density at radius 1 is 0.436 bits per heavy atom. The quantitative estimate of drug-likeness (QED) is 0.127. The van der Waals surface area contributed by atoms with Crippen LogP contribution in [0.2, 0.25) is 0 Å². The Labute approximate surface area is 320 Å². The van der Waals surface area contributed by atoms with Gasteiger partial charge in [0.25, 0.3) is 0 Å². The zero-order chi connectivity index (χ0) is 36.3. The van der Waals surface area contributed by atoms with Crippen molar-refractivity contribution >= 4 is 61.7 Å². The van der Waals surface area contributed by atoms with Crippen LogP contribution in [-0.4, -0.2) is 22.2 Å². The number of hydrogen-bond acceptors (Lipinski definition) is 2. The molecular weight excluding hydrogens is 687 g/mol. The summed E-state index contributed by atoms with van der Waals surface area (Å²) in [5.41, 5.74) is 10.1. The molecule has 2 aromatic heterocycles. The van der Waals surface area contributed by atoms with Crippen molar-refractivity contribution in [1.29, 1.82) is 0 Å². The third kappa shape index (κ3) is 4.87. The number of benzene rings is 8. The van der Waals surface area contributed by atoms with Crippen LogP contribution < -0.4 is 25.5 Å². The summed E-state index contributed by atoms with van der Waals surface area (Å²) >= 11 is 0. The van der Waals surface area contributed by atoms with Gasteiger partial charge in [0.05, 0.1) is 27.8 Å². The second kappa shape index (κ2) is 12.6. The zero-order valence-electron chi connectivity index (χ0n) is 30.0. The van der Waals surface area contributed by atoms with Gasteiger partial charge in [0.15, 0.2) is 8.07 Å². The van der Waals surface area contributed by atoms with Crippen LogP contribution in [0.3, 0.4) is 0 Å². The van der Waals surface area contributed by atoms with Gasteiger partial charge in [-0.3, -0.25) is 4.57 Å². The summed E-state index contributed by atoms with van der Waals surface area (Å²) in [6.45, 7) is 0.526. The highest BCUT2D eigenvalue weighted by Gasteiger charge is 2.42. The van der Waals surface area contributed by atoms with E-state index in [1.54, 1.807) is 0 Å². The molecule has 8 aromatic carbocycles. The summed E-state index contributed by atoms with van der Waals surface area (Å²) in [4.78, 5) is 4.98. The van der Waals surface area contributed by atoms with E-state index < -0.39 is 8.07 Å². The minimum atomic E-state index is -2.90. The minimum Gasteiger partial charge on any atom is -0.459 e. The number of rotatable bonds is 6. The summed E-state index contributed by atoms with van der Waals surface area (Å²) in [5.74, 6) is 0. The van der Waals surface area contributed by atoms with Gasteiger partial charge in [-0.2, -0.15) is 4.98 Å². The molecule has 0 amide bonds. The van der Waals surface area contributed by atoms with Crippen molar-refractivity contribution in [3.05, 3.63) is 206 Å². The second-order valence-corrected chi connectivity index (χ2v) is 18.1. The second-order valence-electron chi connectivity index (χ2n) is 14.3. The van der Waals surface area contributed by atoms with E-state index in [1.165, 1.54) is 42.6 Å². The molecule has 0 N–H and O–H groups in total. The maximum atomic E-state index is 6.13. The Hall–Kier alpha value is -6.95. The molecule has 0 unspecified atom stereocenters. The maximum Gasteiger partial charge on any atom is 0.302 e. The Balaban J connectivity index is 1.13. The van der Waals surface area contributed by atoms with Gasteiger partial charge in [-0.05, 0) is 74.3 Å². The molecule has 0 aliphatic carbocycles. The van der Waals surface area contributed by atoms with Gasteiger partial charge in [-0.15, -0.1) is 0 Å². The smallest absolute Gasteiger partial charge is 0.302 e. The monoisotopic (exact) mass is 721 g/mol. The highest BCUT2D eigenvalue weighted by molar-refractivity contribution is 7.20. The molecule has 5 heteroatoms. The van der Waals surface area contributed by atoms with Gasteiger partial charge in [-0.1, -0.05) is 158 Å². The molecule has 1 aliphatic heterocycles. The largest absolute Gasteiger partial charge is 0.459 e. The molecule has 0 atom stereocenters. The number of nitrogens with zero attached hydrogens (tertiary/aromatic N) is 3. The zero-order valence-corrected chi connectivity index (χ0v) is 31.0. The fraction of sp³-hybridized carbons (Fsp3) is 0.0200. The van der Waals surface area contributed by atoms with E-state index in [2.05, 4.69) is 209 Å². The lowest BCUT2D eigenvalue weighted by Gasteiger charge is -2.35. The maximum absolute atomic E-state index is 6.13. The number of aromatic nitrogens is 3. The lowest BCUT2D eigenvalue weighted by molar-refractivity contribution is 0.265. The summed E-state index contributed by atoms with van der Waals surface area (Å²) in [5, 5.41) is 7.85. The molecule has 0 saturated heterocycles.